The van der Waals surface area contributed by atoms with Gasteiger partial charge in [0.2, 0.25) is 0 Å². The fourth-order valence-electron chi connectivity index (χ4n) is 2.66. The van der Waals surface area contributed by atoms with Crippen LogP contribution in [-0.4, -0.2) is 40.9 Å². The third-order valence-electron chi connectivity index (χ3n) is 3.73. The van der Waals surface area contributed by atoms with Gasteiger partial charge >= 0.3 is 0 Å². The highest BCUT2D eigenvalue weighted by Gasteiger charge is 2.17. The number of nitrogens with zero attached hydrogens (tertiary/aromatic N) is 1. The molecule has 1 atom stereocenters. The Bertz CT molecular complexity index is 403. The SMILES string of the molecule is COc1ccc(OC)c(N(C)CC2CCCNC2)c1. The van der Waals surface area contributed by atoms with Gasteiger partial charge in [-0.05, 0) is 44.0 Å². The van der Waals surface area contributed by atoms with Crippen molar-refractivity contribution in [2.45, 2.75) is 12.8 Å². The average molecular weight is 264 g/mol. The van der Waals surface area contributed by atoms with Crippen molar-refractivity contribution >= 4 is 5.69 Å². The first kappa shape index (κ1) is 14.0. The van der Waals surface area contributed by atoms with Crippen LogP contribution in [-0.2, 0) is 0 Å². The number of hydrogen-bond donors (Lipinski definition) is 1. The maximum absolute atomic E-state index is 5.44. The number of ether oxygens (including phenoxy) is 2. The van der Waals surface area contributed by atoms with Gasteiger partial charge in [0.1, 0.15) is 11.5 Å². The van der Waals surface area contributed by atoms with Crippen LogP contribution in [0.2, 0.25) is 0 Å². The summed E-state index contributed by atoms with van der Waals surface area (Å²) in [6, 6.07) is 5.93. The number of anilines is 1. The molecule has 0 radical (unpaired) electrons. The second kappa shape index (κ2) is 6.66. The lowest BCUT2D eigenvalue weighted by atomic mass is 9.99. The van der Waals surface area contributed by atoms with Crippen molar-refractivity contribution in [1.82, 2.24) is 5.32 Å². The van der Waals surface area contributed by atoms with Gasteiger partial charge < -0.3 is 19.7 Å². The van der Waals surface area contributed by atoms with Gasteiger partial charge in [0, 0.05) is 19.7 Å². The molecule has 1 unspecified atom stereocenters. The summed E-state index contributed by atoms with van der Waals surface area (Å²) in [6.07, 6.45) is 2.57. The molecule has 0 spiro atoms. The van der Waals surface area contributed by atoms with E-state index in [9.17, 15) is 0 Å². The van der Waals surface area contributed by atoms with Crippen molar-refractivity contribution in [2.24, 2.45) is 5.92 Å². The molecule has 1 saturated heterocycles. The number of piperidine rings is 1. The first-order valence-corrected chi connectivity index (χ1v) is 6.88. The zero-order valence-electron chi connectivity index (χ0n) is 12.1. The van der Waals surface area contributed by atoms with E-state index in [-0.39, 0.29) is 0 Å². The summed E-state index contributed by atoms with van der Waals surface area (Å²) >= 11 is 0. The van der Waals surface area contributed by atoms with E-state index in [4.69, 9.17) is 9.47 Å². The number of methoxy groups -OCH3 is 2. The van der Waals surface area contributed by atoms with Gasteiger partial charge in [0.25, 0.3) is 0 Å². The van der Waals surface area contributed by atoms with Gasteiger partial charge in [-0.1, -0.05) is 0 Å². The lowest BCUT2D eigenvalue weighted by Gasteiger charge is -2.29. The van der Waals surface area contributed by atoms with Gasteiger partial charge in [-0.15, -0.1) is 0 Å². The Kier molecular flexibility index (Phi) is 4.91. The average Bonchev–Trinajstić information content (AvgIpc) is 2.47. The summed E-state index contributed by atoms with van der Waals surface area (Å²) in [5, 5.41) is 3.46. The Morgan fingerprint density at radius 3 is 2.79 bits per heavy atom. The van der Waals surface area contributed by atoms with Crippen LogP contribution in [0.1, 0.15) is 12.8 Å². The van der Waals surface area contributed by atoms with Crippen LogP contribution >= 0.6 is 0 Å². The molecule has 19 heavy (non-hydrogen) atoms. The fraction of sp³-hybridized carbons (Fsp3) is 0.600. The van der Waals surface area contributed by atoms with Crippen molar-refractivity contribution in [3.8, 4) is 11.5 Å². The highest BCUT2D eigenvalue weighted by Crippen LogP contribution is 2.32. The molecule has 1 aromatic rings. The highest BCUT2D eigenvalue weighted by molar-refractivity contribution is 5.61. The van der Waals surface area contributed by atoms with Gasteiger partial charge in [-0.3, -0.25) is 0 Å². The first-order chi connectivity index (χ1) is 9.24. The van der Waals surface area contributed by atoms with E-state index in [1.54, 1.807) is 14.2 Å². The molecule has 1 heterocycles. The molecule has 1 aromatic carbocycles. The molecule has 1 fully saturated rings. The molecule has 0 amide bonds. The van der Waals surface area contributed by atoms with E-state index in [0.29, 0.717) is 5.92 Å². The van der Waals surface area contributed by atoms with Crippen LogP contribution in [0.25, 0.3) is 0 Å². The minimum absolute atomic E-state index is 0.703. The van der Waals surface area contributed by atoms with E-state index in [2.05, 4.69) is 17.3 Å². The Balaban J connectivity index is 2.09. The molecular weight excluding hydrogens is 240 g/mol. The quantitative estimate of drug-likeness (QED) is 0.883. The molecule has 4 nitrogen and oxygen atoms in total. The Morgan fingerprint density at radius 1 is 1.32 bits per heavy atom. The van der Waals surface area contributed by atoms with Crippen LogP contribution in [0.3, 0.4) is 0 Å². The molecule has 1 N–H and O–H groups in total. The highest BCUT2D eigenvalue weighted by atomic mass is 16.5. The van der Waals surface area contributed by atoms with Gasteiger partial charge in [0.05, 0.1) is 19.9 Å². The molecule has 1 aliphatic rings. The summed E-state index contributed by atoms with van der Waals surface area (Å²) in [7, 11) is 5.52. The molecular formula is C15H24N2O2. The first-order valence-electron chi connectivity index (χ1n) is 6.88. The predicted molar refractivity (Wildman–Crippen MR) is 78.4 cm³/mol. The van der Waals surface area contributed by atoms with Gasteiger partial charge in [0.15, 0.2) is 0 Å². The largest absolute Gasteiger partial charge is 0.497 e. The second-order valence-electron chi connectivity index (χ2n) is 5.13. The molecule has 0 bridgehead atoms. The topological polar surface area (TPSA) is 33.7 Å². The third-order valence-corrected chi connectivity index (χ3v) is 3.73. The number of hydrogen-bond acceptors (Lipinski definition) is 4. The van der Waals surface area contributed by atoms with Crippen molar-refractivity contribution in [3.63, 3.8) is 0 Å². The monoisotopic (exact) mass is 264 g/mol. The van der Waals surface area contributed by atoms with Crippen molar-refractivity contribution < 1.29 is 9.47 Å². The minimum Gasteiger partial charge on any atom is -0.497 e. The van der Waals surface area contributed by atoms with Crippen molar-refractivity contribution in [3.05, 3.63) is 18.2 Å². The van der Waals surface area contributed by atoms with Gasteiger partial charge in [-0.25, -0.2) is 0 Å². The van der Waals surface area contributed by atoms with E-state index >= 15 is 0 Å². The van der Waals surface area contributed by atoms with Crippen LogP contribution < -0.4 is 19.7 Å². The Labute approximate surface area is 115 Å². The zero-order chi connectivity index (χ0) is 13.7. The summed E-state index contributed by atoms with van der Waals surface area (Å²) in [5.41, 5.74) is 1.09. The Morgan fingerprint density at radius 2 is 2.16 bits per heavy atom. The van der Waals surface area contributed by atoms with E-state index in [0.717, 1.165) is 36.8 Å². The van der Waals surface area contributed by atoms with E-state index < -0.39 is 0 Å². The molecule has 4 heteroatoms. The summed E-state index contributed by atoms with van der Waals surface area (Å²) in [5.74, 6) is 2.46. The number of benzene rings is 1. The molecule has 0 aliphatic carbocycles. The van der Waals surface area contributed by atoms with Crippen LogP contribution in [0.15, 0.2) is 18.2 Å². The molecule has 1 aliphatic heterocycles. The minimum atomic E-state index is 0.703. The standard InChI is InChI=1S/C15H24N2O2/c1-17(11-12-5-4-8-16-10-12)14-9-13(18-2)6-7-15(14)19-3/h6-7,9,12,16H,4-5,8,10-11H2,1-3H3. The van der Waals surface area contributed by atoms with Gasteiger partial charge in [-0.2, -0.15) is 0 Å². The molecule has 0 saturated carbocycles. The normalized spacial score (nSPS) is 19.0. The predicted octanol–water partition coefficient (Wildman–Crippen LogP) is 2.14. The van der Waals surface area contributed by atoms with Crippen LogP contribution in [0, 0.1) is 5.92 Å². The lowest BCUT2D eigenvalue weighted by Crippen LogP contribution is -2.37. The van der Waals surface area contributed by atoms with E-state index in [1.165, 1.54) is 12.8 Å². The maximum Gasteiger partial charge on any atom is 0.142 e. The molecule has 2 rings (SSSR count). The van der Waals surface area contributed by atoms with Crippen LogP contribution in [0.4, 0.5) is 5.69 Å². The fourth-order valence-corrected chi connectivity index (χ4v) is 2.66. The lowest BCUT2D eigenvalue weighted by molar-refractivity contribution is 0.376. The maximum atomic E-state index is 5.44. The second-order valence-corrected chi connectivity index (χ2v) is 5.13. The Hall–Kier alpha value is -1.42. The molecule has 0 aromatic heterocycles. The van der Waals surface area contributed by atoms with Crippen molar-refractivity contribution in [2.75, 3.05) is 45.8 Å². The number of rotatable bonds is 5. The molecule has 106 valence electrons. The van der Waals surface area contributed by atoms with Crippen molar-refractivity contribution in [1.29, 1.82) is 0 Å². The number of nitrogens with one attached hydrogen (secondary N) is 1. The van der Waals surface area contributed by atoms with Crippen LogP contribution in [0.5, 0.6) is 11.5 Å². The summed E-state index contributed by atoms with van der Waals surface area (Å²) in [4.78, 5) is 2.26. The third kappa shape index (κ3) is 3.53. The smallest absolute Gasteiger partial charge is 0.142 e. The summed E-state index contributed by atoms with van der Waals surface area (Å²) in [6.45, 7) is 3.30. The zero-order valence-corrected chi connectivity index (χ0v) is 12.1. The van der Waals surface area contributed by atoms with E-state index in [1.807, 2.05) is 18.2 Å². The summed E-state index contributed by atoms with van der Waals surface area (Å²) < 4.78 is 10.7.